The van der Waals surface area contributed by atoms with Crippen LogP contribution >= 0.6 is 0 Å². The Labute approximate surface area is 169 Å². The van der Waals surface area contributed by atoms with Gasteiger partial charge in [-0.1, -0.05) is 25.9 Å². The minimum atomic E-state index is -0.452. The molecule has 3 N–H and O–H groups in total. The number of pyridine rings is 1. The van der Waals surface area contributed by atoms with Crippen molar-refractivity contribution in [2.75, 3.05) is 16.0 Å². The quantitative estimate of drug-likeness (QED) is 0.590. The molecule has 0 aliphatic carbocycles. The Morgan fingerprint density at radius 2 is 1.62 bits per heavy atom. The van der Waals surface area contributed by atoms with Crippen molar-refractivity contribution in [2.24, 2.45) is 0 Å². The number of nitrogens with one attached hydrogen (secondary N) is 3. The van der Waals surface area contributed by atoms with Gasteiger partial charge in [0.1, 0.15) is 11.6 Å². The van der Waals surface area contributed by atoms with E-state index in [1.807, 2.05) is 40.7 Å². The number of rotatable bonds is 5. The molecular weight excluding hydrogens is 370 g/mol. The summed E-state index contributed by atoms with van der Waals surface area (Å²) < 4.78 is 5.25. The molecule has 3 heterocycles. The van der Waals surface area contributed by atoms with Crippen LogP contribution in [0.4, 0.5) is 22.4 Å². The third-order valence-electron chi connectivity index (χ3n) is 3.90. The van der Waals surface area contributed by atoms with Gasteiger partial charge in [0.15, 0.2) is 5.82 Å². The number of hydrogen-bond acceptors (Lipinski definition) is 7. The second-order valence-electron chi connectivity index (χ2n) is 7.93. The summed E-state index contributed by atoms with van der Waals surface area (Å²) in [4.78, 5) is 25.0. The highest BCUT2D eigenvalue weighted by Crippen LogP contribution is 2.24. The van der Waals surface area contributed by atoms with Gasteiger partial charge in [0, 0.05) is 47.2 Å². The number of amides is 2. The van der Waals surface area contributed by atoms with Gasteiger partial charge in [-0.3, -0.25) is 10.6 Å². The van der Waals surface area contributed by atoms with Crippen LogP contribution in [-0.2, 0) is 5.41 Å². The predicted molar refractivity (Wildman–Crippen MR) is 112 cm³/mol. The third kappa shape index (κ3) is 5.50. The lowest BCUT2D eigenvalue weighted by atomic mass is 9.93. The minimum absolute atomic E-state index is 0.187. The normalized spacial score (nSPS) is 11.4. The molecule has 0 atom stereocenters. The van der Waals surface area contributed by atoms with E-state index >= 15 is 0 Å². The fourth-order valence-corrected chi connectivity index (χ4v) is 2.40. The van der Waals surface area contributed by atoms with Crippen molar-refractivity contribution in [3.63, 3.8) is 0 Å². The highest BCUT2D eigenvalue weighted by Gasteiger charge is 2.20. The van der Waals surface area contributed by atoms with Crippen molar-refractivity contribution < 1.29 is 9.32 Å². The molecular formula is C20H25N7O2. The number of carbonyl (C=O) groups is 1. The van der Waals surface area contributed by atoms with E-state index < -0.39 is 6.03 Å². The van der Waals surface area contributed by atoms with Gasteiger partial charge < -0.3 is 9.84 Å². The van der Waals surface area contributed by atoms with Gasteiger partial charge in [0.05, 0.1) is 0 Å². The van der Waals surface area contributed by atoms with Crippen LogP contribution in [0.15, 0.2) is 41.3 Å². The van der Waals surface area contributed by atoms with Gasteiger partial charge in [-0.25, -0.2) is 19.7 Å². The Kier molecular flexibility index (Phi) is 5.76. The number of nitrogens with zero attached hydrogens (tertiary/aromatic N) is 4. The van der Waals surface area contributed by atoms with Crippen molar-refractivity contribution in [3.8, 4) is 11.1 Å². The van der Waals surface area contributed by atoms with E-state index in [-0.39, 0.29) is 11.5 Å². The fourth-order valence-electron chi connectivity index (χ4n) is 2.40. The molecule has 0 aliphatic rings. The van der Waals surface area contributed by atoms with Crippen molar-refractivity contribution in [2.45, 2.75) is 46.1 Å². The molecule has 2 amide bonds. The zero-order chi connectivity index (χ0) is 21.0. The molecule has 0 radical (unpaired) electrons. The van der Waals surface area contributed by atoms with Crippen LogP contribution in [0.5, 0.6) is 0 Å². The van der Waals surface area contributed by atoms with E-state index in [0.29, 0.717) is 23.3 Å². The van der Waals surface area contributed by atoms with Gasteiger partial charge in [-0.15, -0.1) is 0 Å². The Morgan fingerprint density at radius 3 is 2.17 bits per heavy atom. The van der Waals surface area contributed by atoms with Gasteiger partial charge in [0.25, 0.3) is 0 Å². The first-order valence-electron chi connectivity index (χ1n) is 9.31. The summed E-state index contributed by atoms with van der Waals surface area (Å²) in [5.41, 5.74) is 1.49. The molecule has 0 unspecified atom stereocenters. The van der Waals surface area contributed by atoms with E-state index in [4.69, 9.17) is 4.52 Å². The first-order valence-corrected chi connectivity index (χ1v) is 9.31. The topological polar surface area (TPSA) is 118 Å². The monoisotopic (exact) mass is 395 g/mol. The van der Waals surface area contributed by atoms with Crippen LogP contribution in [0.1, 0.15) is 40.4 Å². The molecule has 3 aromatic heterocycles. The van der Waals surface area contributed by atoms with Crippen molar-refractivity contribution >= 4 is 23.6 Å². The van der Waals surface area contributed by atoms with E-state index in [1.54, 1.807) is 30.7 Å². The third-order valence-corrected chi connectivity index (χ3v) is 3.90. The summed E-state index contributed by atoms with van der Waals surface area (Å²) in [6.07, 6.45) is 5.11. The Balaban J connectivity index is 1.60. The van der Waals surface area contributed by atoms with E-state index in [9.17, 15) is 4.79 Å². The summed E-state index contributed by atoms with van der Waals surface area (Å²) in [7, 11) is 0. The van der Waals surface area contributed by atoms with Crippen molar-refractivity contribution in [1.82, 2.24) is 20.1 Å². The van der Waals surface area contributed by atoms with Gasteiger partial charge in [0.2, 0.25) is 5.95 Å². The summed E-state index contributed by atoms with van der Waals surface area (Å²) >= 11 is 0. The molecule has 0 fully saturated rings. The molecule has 152 valence electrons. The smallest absolute Gasteiger partial charge is 0.326 e. The molecule has 0 spiro atoms. The van der Waals surface area contributed by atoms with Crippen LogP contribution in [0.3, 0.4) is 0 Å². The summed E-state index contributed by atoms with van der Waals surface area (Å²) in [6, 6.07) is 5.06. The number of hydrogen-bond donors (Lipinski definition) is 3. The van der Waals surface area contributed by atoms with Crippen LogP contribution in [0.25, 0.3) is 11.1 Å². The molecule has 9 nitrogen and oxygen atoms in total. The van der Waals surface area contributed by atoms with Gasteiger partial charge in [-0.05, 0) is 26.0 Å². The number of aromatic nitrogens is 4. The van der Waals surface area contributed by atoms with Crippen LogP contribution < -0.4 is 16.0 Å². The van der Waals surface area contributed by atoms with Crippen LogP contribution in [0, 0.1) is 0 Å². The van der Waals surface area contributed by atoms with Crippen LogP contribution in [0.2, 0.25) is 0 Å². The standard InChI is InChI=1S/C20H25N7O2/c1-12(2)24-18-22-10-14(11-23-18)13-6-7-16(21-9-13)25-19(28)26-17-8-15(29-27-17)20(3,4)5/h6-12H,1-5H3,(H,22,23,24)(H2,21,25,26,27,28). The molecule has 0 saturated heterocycles. The largest absolute Gasteiger partial charge is 0.359 e. The summed E-state index contributed by atoms with van der Waals surface area (Å²) in [5, 5.41) is 12.3. The zero-order valence-electron chi connectivity index (χ0n) is 17.1. The predicted octanol–water partition coefficient (Wildman–Crippen LogP) is 4.29. The van der Waals surface area contributed by atoms with E-state index in [2.05, 4.69) is 36.1 Å². The molecule has 29 heavy (non-hydrogen) atoms. The maximum Gasteiger partial charge on any atom is 0.326 e. The lowest BCUT2D eigenvalue weighted by molar-refractivity contribution is 0.261. The highest BCUT2D eigenvalue weighted by atomic mass is 16.5. The van der Waals surface area contributed by atoms with E-state index in [0.717, 1.165) is 11.1 Å². The van der Waals surface area contributed by atoms with Gasteiger partial charge >= 0.3 is 6.03 Å². The molecule has 0 saturated carbocycles. The first-order chi connectivity index (χ1) is 13.7. The molecule has 0 bridgehead atoms. The lowest BCUT2D eigenvalue weighted by Crippen LogP contribution is -2.20. The second-order valence-corrected chi connectivity index (χ2v) is 7.93. The minimum Gasteiger partial charge on any atom is -0.359 e. The number of anilines is 3. The Morgan fingerprint density at radius 1 is 0.966 bits per heavy atom. The highest BCUT2D eigenvalue weighted by molar-refractivity contribution is 5.98. The first kappa shape index (κ1) is 20.2. The second kappa shape index (κ2) is 8.26. The van der Waals surface area contributed by atoms with Gasteiger partial charge in [-0.2, -0.15) is 0 Å². The molecule has 3 rings (SSSR count). The summed E-state index contributed by atoms with van der Waals surface area (Å²) in [6.45, 7) is 10.1. The van der Waals surface area contributed by atoms with Crippen LogP contribution in [-0.4, -0.2) is 32.2 Å². The Bertz CT molecular complexity index is 958. The maximum atomic E-state index is 12.2. The number of carbonyl (C=O) groups excluding carboxylic acids is 1. The molecule has 3 aromatic rings. The SMILES string of the molecule is CC(C)Nc1ncc(-c2ccc(NC(=O)Nc3cc(C(C)(C)C)on3)nc2)cn1. The average Bonchev–Trinajstić information content (AvgIpc) is 3.11. The van der Waals surface area contributed by atoms with Crippen molar-refractivity contribution in [3.05, 3.63) is 42.5 Å². The number of urea groups is 1. The lowest BCUT2D eigenvalue weighted by Gasteiger charge is -2.12. The summed E-state index contributed by atoms with van der Waals surface area (Å²) in [5.74, 6) is 2.02. The van der Waals surface area contributed by atoms with E-state index in [1.165, 1.54) is 0 Å². The zero-order valence-corrected chi connectivity index (χ0v) is 17.1. The molecule has 9 heteroatoms. The molecule has 0 aromatic carbocycles. The van der Waals surface area contributed by atoms with Crippen molar-refractivity contribution in [1.29, 1.82) is 0 Å². The maximum absolute atomic E-state index is 12.2. The fraction of sp³-hybridized carbons (Fsp3) is 0.350. The molecule has 0 aliphatic heterocycles. The average molecular weight is 395 g/mol. The Hall–Kier alpha value is -3.49.